The quantitative estimate of drug-likeness (QED) is 0.647. The van der Waals surface area contributed by atoms with Crippen molar-refractivity contribution in [2.45, 2.75) is 11.8 Å². The molecule has 8 nitrogen and oxygen atoms in total. The van der Waals surface area contributed by atoms with E-state index in [-0.39, 0.29) is 23.2 Å². The molecular weight excluding hydrogens is 348 g/mol. The van der Waals surface area contributed by atoms with Gasteiger partial charge in [0.05, 0.1) is 27.4 Å². The second kappa shape index (κ2) is 8.50. The van der Waals surface area contributed by atoms with Crippen LogP contribution in [0.2, 0.25) is 0 Å². The SMILES string of the molecule is CCOC(=O)CN1CCN(S(=O)(=O)c2cc(OC)ccc2OC)CC1. The first kappa shape index (κ1) is 19.5. The Morgan fingerprint density at radius 3 is 2.36 bits per heavy atom. The van der Waals surface area contributed by atoms with Crippen molar-refractivity contribution in [1.82, 2.24) is 9.21 Å². The van der Waals surface area contributed by atoms with Crippen molar-refractivity contribution < 1.29 is 27.4 Å². The molecule has 0 radical (unpaired) electrons. The number of carbonyl (C=O) groups excluding carboxylic acids is 1. The molecule has 1 heterocycles. The second-order valence-electron chi connectivity index (χ2n) is 5.50. The zero-order chi connectivity index (χ0) is 18.4. The number of hydrogen-bond acceptors (Lipinski definition) is 7. The maximum Gasteiger partial charge on any atom is 0.320 e. The smallest absolute Gasteiger partial charge is 0.320 e. The van der Waals surface area contributed by atoms with Crippen molar-refractivity contribution in [3.63, 3.8) is 0 Å². The molecule has 1 aromatic rings. The lowest BCUT2D eigenvalue weighted by Gasteiger charge is -2.33. The van der Waals surface area contributed by atoms with Gasteiger partial charge in [0, 0.05) is 32.2 Å². The third-order valence-corrected chi connectivity index (χ3v) is 5.90. The average Bonchev–Trinajstić information content (AvgIpc) is 2.61. The highest BCUT2D eigenvalue weighted by atomic mass is 32.2. The minimum atomic E-state index is -3.71. The van der Waals surface area contributed by atoms with Gasteiger partial charge in [-0.1, -0.05) is 0 Å². The Hall–Kier alpha value is -1.84. The van der Waals surface area contributed by atoms with Crippen LogP contribution >= 0.6 is 0 Å². The standard InChI is InChI=1S/C16H24N2O6S/c1-4-24-16(19)12-17-7-9-18(10-8-17)25(20,21)15-11-13(22-2)5-6-14(15)23-3/h5-6,11H,4,7-10,12H2,1-3H3. The van der Waals surface area contributed by atoms with E-state index >= 15 is 0 Å². The van der Waals surface area contributed by atoms with Crippen LogP contribution < -0.4 is 9.47 Å². The fourth-order valence-corrected chi connectivity index (χ4v) is 4.23. The van der Waals surface area contributed by atoms with Gasteiger partial charge in [0.15, 0.2) is 0 Å². The molecule has 0 aromatic heterocycles. The van der Waals surface area contributed by atoms with Crippen LogP contribution in [0.25, 0.3) is 0 Å². The molecule has 1 aromatic carbocycles. The van der Waals surface area contributed by atoms with E-state index in [0.29, 0.717) is 38.5 Å². The first-order valence-corrected chi connectivity index (χ1v) is 9.46. The zero-order valence-electron chi connectivity index (χ0n) is 14.7. The second-order valence-corrected chi connectivity index (χ2v) is 7.41. The van der Waals surface area contributed by atoms with Gasteiger partial charge < -0.3 is 14.2 Å². The molecule has 25 heavy (non-hydrogen) atoms. The van der Waals surface area contributed by atoms with Gasteiger partial charge in [-0.15, -0.1) is 0 Å². The minimum absolute atomic E-state index is 0.0770. The molecule has 1 aliphatic rings. The first-order chi connectivity index (χ1) is 11.9. The lowest BCUT2D eigenvalue weighted by molar-refractivity contribution is -0.144. The van der Waals surface area contributed by atoms with Crippen LogP contribution in [0.4, 0.5) is 0 Å². The number of sulfonamides is 1. The summed E-state index contributed by atoms with van der Waals surface area (Å²) in [6.07, 6.45) is 0. The molecule has 1 aliphatic heterocycles. The lowest BCUT2D eigenvalue weighted by atomic mass is 10.3. The molecule has 1 fully saturated rings. The highest BCUT2D eigenvalue weighted by Gasteiger charge is 2.31. The predicted molar refractivity (Wildman–Crippen MR) is 91.4 cm³/mol. The summed E-state index contributed by atoms with van der Waals surface area (Å²) in [6.45, 7) is 3.77. The lowest BCUT2D eigenvalue weighted by Crippen LogP contribution is -2.50. The number of benzene rings is 1. The Morgan fingerprint density at radius 2 is 1.80 bits per heavy atom. The average molecular weight is 372 g/mol. The van der Waals surface area contributed by atoms with Crippen molar-refractivity contribution in [3.8, 4) is 11.5 Å². The third kappa shape index (κ3) is 4.62. The maximum atomic E-state index is 12.9. The summed E-state index contributed by atoms with van der Waals surface area (Å²) in [5.74, 6) is 0.420. The highest BCUT2D eigenvalue weighted by Crippen LogP contribution is 2.31. The molecule has 140 valence electrons. The van der Waals surface area contributed by atoms with Crippen molar-refractivity contribution in [2.75, 3.05) is 53.6 Å². The van der Waals surface area contributed by atoms with Gasteiger partial charge in [-0.25, -0.2) is 8.42 Å². The summed E-state index contributed by atoms with van der Waals surface area (Å²) in [6, 6.07) is 4.68. The van der Waals surface area contributed by atoms with Gasteiger partial charge in [0.2, 0.25) is 10.0 Å². The van der Waals surface area contributed by atoms with Gasteiger partial charge in [-0.3, -0.25) is 9.69 Å². The molecule has 0 aliphatic carbocycles. The largest absolute Gasteiger partial charge is 0.497 e. The van der Waals surface area contributed by atoms with E-state index in [9.17, 15) is 13.2 Å². The van der Waals surface area contributed by atoms with Crippen LogP contribution in [0.3, 0.4) is 0 Å². The van der Waals surface area contributed by atoms with Crippen LogP contribution in [0.5, 0.6) is 11.5 Å². The van der Waals surface area contributed by atoms with Gasteiger partial charge in [0.25, 0.3) is 0 Å². The molecule has 1 saturated heterocycles. The topological polar surface area (TPSA) is 85.4 Å². The monoisotopic (exact) mass is 372 g/mol. The van der Waals surface area contributed by atoms with E-state index in [0.717, 1.165) is 0 Å². The molecular formula is C16H24N2O6S. The maximum absolute atomic E-state index is 12.9. The Morgan fingerprint density at radius 1 is 1.12 bits per heavy atom. The summed E-state index contributed by atoms with van der Waals surface area (Å²) in [7, 11) is -0.807. The van der Waals surface area contributed by atoms with Crippen LogP contribution in [0.1, 0.15) is 6.92 Å². The summed E-state index contributed by atoms with van der Waals surface area (Å²) in [5.41, 5.74) is 0. The number of piperazine rings is 1. The molecule has 0 N–H and O–H groups in total. The van der Waals surface area contributed by atoms with Gasteiger partial charge in [-0.05, 0) is 19.1 Å². The molecule has 0 bridgehead atoms. The number of esters is 1. The third-order valence-electron chi connectivity index (χ3n) is 3.98. The van der Waals surface area contributed by atoms with Crippen LogP contribution in [-0.4, -0.2) is 77.1 Å². The number of carbonyl (C=O) groups is 1. The van der Waals surface area contributed by atoms with Crippen LogP contribution in [0, 0.1) is 0 Å². The molecule has 0 amide bonds. The fraction of sp³-hybridized carbons (Fsp3) is 0.562. The minimum Gasteiger partial charge on any atom is -0.497 e. The van der Waals surface area contributed by atoms with E-state index in [1.165, 1.54) is 24.6 Å². The number of methoxy groups -OCH3 is 2. The molecule has 2 rings (SSSR count). The Balaban J connectivity index is 2.11. The molecule has 9 heteroatoms. The Kier molecular flexibility index (Phi) is 6.63. The molecule has 0 atom stereocenters. The summed E-state index contributed by atoms with van der Waals surface area (Å²) in [5, 5.41) is 0. The van der Waals surface area contributed by atoms with Crippen molar-refractivity contribution in [1.29, 1.82) is 0 Å². The molecule has 0 spiro atoms. The normalized spacial score (nSPS) is 16.4. The van der Waals surface area contributed by atoms with E-state index in [2.05, 4.69) is 0 Å². The van der Waals surface area contributed by atoms with E-state index in [1.807, 2.05) is 4.90 Å². The summed E-state index contributed by atoms with van der Waals surface area (Å²) < 4.78 is 42.5. The van der Waals surface area contributed by atoms with Gasteiger partial charge in [-0.2, -0.15) is 4.31 Å². The number of nitrogens with zero attached hydrogens (tertiary/aromatic N) is 2. The summed E-state index contributed by atoms with van der Waals surface area (Å²) >= 11 is 0. The van der Waals surface area contributed by atoms with Crippen LogP contribution in [0.15, 0.2) is 23.1 Å². The van der Waals surface area contributed by atoms with Crippen molar-refractivity contribution >= 4 is 16.0 Å². The predicted octanol–water partition coefficient (Wildman–Crippen LogP) is 0.573. The highest BCUT2D eigenvalue weighted by molar-refractivity contribution is 7.89. The Labute approximate surface area is 148 Å². The number of hydrogen-bond donors (Lipinski definition) is 0. The van der Waals surface area contributed by atoms with Crippen molar-refractivity contribution in [2.24, 2.45) is 0 Å². The van der Waals surface area contributed by atoms with Crippen LogP contribution in [-0.2, 0) is 19.6 Å². The first-order valence-electron chi connectivity index (χ1n) is 8.02. The van der Waals surface area contributed by atoms with Gasteiger partial charge in [0.1, 0.15) is 16.4 Å². The van der Waals surface area contributed by atoms with Crippen molar-refractivity contribution in [3.05, 3.63) is 18.2 Å². The van der Waals surface area contributed by atoms with E-state index in [1.54, 1.807) is 19.1 Å². The Bertz CT molecular complexity index is 699. The number of ether oxygens (including phenoxy) is 3. The van der Waals surface area contributed by atoms with E-state index < -0.39 is 10.0 Å². The molecule has 0 unspecified atom stereocenters. The zero-order valence-corrected chi connectivity index (χ0v) is 15.5. The number of rotatable bonds is 7. The summed E-state index contributed by atoms with van der Waals surface area (Å²) in [4.78, 5) is 13.5. The fourth-order valence-electron chi connectivity index (χ4n) is 2.64. The molecule has 0 saturated carbocycles. The van der Waals surface area contributed by atoms with Gasteiger partial charge >= 0.3 is 5.97 Å². The van der Waals surface area contributed by atoms with E-state index in [4.69, 9.17) is 14.2 Å².